The third-order valence-electron chi connectivity index (χ3n) is 4.78. The Kier molecular flexibility index (Phi) is 8.66. The molecule has 0 heterocycles. The zero-order chi connectivity index (χ0) is 17.0. The van der Waals surface area contributed by atoms with E-state index in [1.54, 1.807) is 5.92 Å². The van der Waals surface area contributed by atoms with Gasteiger partial charge in [-0.2, -0.15) is 0 Å². The molecular formula is C24H33. The van der Waals surface area contributed by atoms with E-state index in [4.69, 9.17) is 0 Å². The van der Waals surface area contributed by atoms with Crippen LogP contribution in [-0.4, -0.2) is 0 Å². The minimum Gasteiger partial charge on any atom is -0.0628 e. The van der Waals surface area contributed by atoms with Crippen molar-refractivity contribution < 1.29 is 0 Å². The van der Waals surface area contributed by atoms with E-state index in [1.807, 2.05) is 0 Å². The van der Waals surface area contributed by atoms with E-state index in [1.165, 1.54) is 62.5 Å². The molecule has 0 heteroatoms. The van der Waals surface area contributed by atoms with Crippen LogP contribution < -0.4 is 0 Å². The monoisotopic (exact) mass is 321 g/mol. The first-order valence-electron chi connectivity index (χ1n) is 9.65. The van der Waals surface area contributed by atoms with E-state index < -0.39 is 0 Å². The summed E-state index contributed by atoms with van der Waals surface area (Å²) in [5.74, 6) is 2.59. The molecule has 0 aliphatic heterocycles. The Hall–Kier alpha value is -1.56. The van der Waals surface area contributed by atoms with Crippen molar-refractivity contribution >= 4 is 0 Å². The predicted molar refractivity (Wildman–Crippen MR) is 106 cm³/mol. The Labute approximate surface area is 149 Å². The molecule has 1 radical (unpaired) electrons. The van der Waals surface area contributed by atoms with Crippen molar-refractivity contribution in [3.05, 3.63) is 77.7 Å². The first kappa shape index (κ1) is 18.8. The molecule has 2 rings (SSSR count). The van der Waals surface area contributed by atoms with Crippen molar-refractivity contribution in [1.29, 1.82) is 0 Å². The fourth-order valence-electron chi connectivity index (χ4n) is 3.23. The Balaban J connectivity index is 1.80. The van der Waals surface area contributed by atoms with Crippen molar-refractivity contribution in [3.8, 4) is 0 Å². The molecule has 24 heavy (non-hydrogen) atoms. The van der Waals surface area contributed by atoms with Gasteiger partial charge in [0.15, 0.2) is 0 Å². The highest BCUT2D eigenvalue weighted by Crippen LogP contribution is 2.25. The summed E-state index contributed by atoms with van der Waals surface area (Å²) < 4.78 is 0. The second kappa shape index (κ2) is 11.1. The van der Waals surface area contributed by atoms with E-state index in [2.05, 4.69) is 74.5 Å². The SMILES string of the molecule is CC(C)CCCC[C](CCc1ccccc1)CCc1ccccc1. The second-order valence-electron chi connectivity index (χ2n) is 7.36. The summed E-state index contributed by atoms with van der Waals surface area (Å²) in [6.45, 7) is 4.66. The first-order chi connectivity index (χ1) is 11.7. The topological polar surface area (TPSA) is 0 Å². The van der Waals surface area contributed by atoms with Gasteiger partial charge in [0.2, 0.25) is 0 Å². The van der Waals surface area contributed by atoms with Gasteiger partial charge in [-0.15, -0.1) is 0 Å². The number of benzene rings is 2. The zero-order valence-corrected chi connectivity index (χ0v) is 15.5. The maximum absolute atomic E-state index is 2.33. The van der Waals surface area contributed by atoms with Crippen LogP contribution in [0.25, 0.3) is 0 Å². The summed E-state index contributed by atoms with van der Waals surface area (Å²) in [7, 11) is 0. The summed E-state index contributed by atoms with van der Waals surface area (Å²) in [5.41, 5.74) is 2.94. The molecule has 0 spiro atoms. The third-order valence-corrected chi connectivity index (χ3v) is 4.78. The number of rotatable bonds is 11. The standard InChI is InChI=1S/C24H33/c1-21(2)11-9-10-16-24(19-17-22-12-5-3-6-13-22)20-18-23-14-7-4-8-15-23/h3-8,12-15,21H,9-11,16-20H2,1-2H3. The predicted octanol–water partition coefficient (Wildman–Crippen LogP) is 7.04. The van der Waals surface area contributed by atoms with Crippen LogP contribution >= 0.6 is 0 Å². The Bertz CT molecular complexity index is 483. The van der Waals surface area contributed by atoms with Gasteiger partial charge in [-0.25, -0.2) is 0 Å². The average Bonchev–Trinajstić information content (AvgIpc) is 2.62. The number of aryl methyl sites for hydroxylation is 2. The molecule has 0 unspecified atom stereocenters. The molecule has 0 saturated heterocycles. The lowest BCUT2D eigenvalue weighted by Crippen LogP contribution is -2.03. The van der Waals surface area contributed by atoms with Crippen LogP contribution in [0.5, 0.6) is 0 Å². The molecular weight excluding hydrogens is 288 g/mol. The summed E-state index contributed by atoms with van der Waals surface area (Å²) in [4.78, 5) is 0. The van der Waals surface area contributed by atoms with E-state index in [9.17, 15) is 0 Å². The lowest BCUT2D eigenvalue weighted by molar-refractivity contribution is 0.515. The highest BCUT2D eigenvalue weighted by atomic mass is 14.2. The summed E-state index contributed by atoms with van der Waals surface area (Å²) in [5, 5.41) is 0. The zero-order valence-electron chi connectivity index (χ0n) is 15.5. The highest BCUT2D eigenvalue weighted by molar-refractivity contribution is 5.17. The van der Waals surface area contributed by atoms with E-state index >= 15 is 0 Å². The molecule has 0 saturated carbocycles. The maximum atomic E-state index is 2.33. The molecule has 0 aromatic heterocycles. The van der Waals surface area contributed by atoms with Gasteiger partial charge in [0.05, 0.1) is 0 Å². The van der Waals surface area contributed by atoms with Crippen LogP contribution in [0.3, 0.4) is 0 Å². The van der Waals surface area contributed by atoms with Gasteiger partial charge in [-0.1, -0.05) is 93.8 Å². The molecule has 0 aliphatic carbocycles. The summed E-state index contributed by atoms with van der Waals surface area (Å²) >= 11 is 0. The second-order valence-corrected chi connectivity index (χ2v) is 7.36. The van der Waals surface area contributed by atoms with Crippen molar-refractivity contribution in [2.45, 2.75) is 65.2 Å². The lowest BCUT2D eigenvalue weighted by atomic mass is 9.88. The molecule has 2 aromatic rings. The van der Waals surface area contributed by atoms with Crippen molar-refractivity contribution in [2.75, 3.05) is 0 Å². The van der Waals surface area contributed by atoms with Crippen LogP contribution in [0.2, 0.25) is 0 Å². The highest BCUT2D eigenvalue weighted by Gasteiger charge is 2.10. The minimum atomic E-state index is 0.835. The molecule has 0 bridgehead atoms. The number of hydrogen-bond donors (Lipinski definition) is 0. The normalized spacial score (nSPS) is 11.3. The van der Waals surface area contributed by atoms with Crippen molar-refractivity contribution in [1.82, 2.24) is 0 Å². The van der Waals surface area contributed by atoms with E-state index in [0.717, 1.165) is 5.92 Å². The maximum Gasteiger partial charge on any atom is -0.0234 e. The molecule has 0 aliphatic rings. The van der Waals surface area contributed by atoms with Gasteiger partial charge in [0.1, 0.15) is 0 Å². The molecule has 2 aromatic carbocycles. The number of unbranched alkanes of at least 4 members (excludes halogenated alkanes) is 1. The van der Waals surface area contributed by atoms with Crippen LogP contribution in [0.1, 0.15) is 63.5 Å². The van der Waals surface area contributed by atoms with Crippen LogP contribution in [0, 0.1) is 11.8 Å². The number of hydrogen-bond acceptors (Lipinski definition) is 0. The molecule has 129 valence electrons. The van der Waals surface area contributed by atoms with E-state index in [-0.39, 0.29) is 0 Å². The fraction of sp³-hybridized carbons (Fsp3) is 0.458. The molecule has 0 fully saturated rings. The fourth-order valence-corrected chi connectivity index (χ4v) is 3.23. The van der Waals surface area contributed by atoms with Gasteiger partial charge in [0, 0.05) is 0 Å². The van der Waals surface area contributed by atoms with Crippen molar-refractivity contribution in [2.24, 2.45) is 5.92 Å². The average molecular weight is 322 g/mol. The third kappa shape index (κ3) is 7.81. The van der Waals surface area contributed by atoms with Gasteiger partial charge in [-0.3, -0.25) is 0 Å². The molecule has 0 N–H and O–H groups in total. The van der Waals surface area contributed by atoms with Gasteiger partial charge >= 0.3 is 0 Å². The van der Waals surface area contributed by atoms with Crippen LogP contribution in [0.15, 0.2) is 60.7 Å². The quantitative estimate of drug-likeness (QED) is 0.389. The van der Waals surface area contributed by atoms with Gasteiger partial charge in [0.25, 0.3) is 0 Å². The summed E-state index contributed by atoms with van der Waals surface area (Å²) in [6.07, 6.45) is 10.3. The largest absolute Gasteiger partial charge is 0.0628 e. The van der Waals surface area contributed by atoms with Crippen molar-refractivity contribution in [3.63, 3.8) is 0 Å². The first-order valence-corrected chi connectivity index (χ1v) is 9.65. The Morgan fingerprint density at radius 1 is 0.667 bits per heavy atom. The summed E-state index contributed by atoms with van der Waals surface area (Å²) in [6, 6.07) is 21.9. The van der Waals surface area contributed by atoms with Crippen LogP contribution in [0.4, 0.5) is 0 Å². The minimum absolute atomic E-state index is 0.835. The Morgan fingerprint density at radius 2 is 1.17 bits per heavy atom. The lowest BCUT2D eigenvalue weighted by Gasteiger charge is -2.17. The van der Waals surface area contributed by atoms with Gasteiger partial charge in [-0.05, 0) is 55.1 Å². The Morgan fingerprint density at radius 3 is 1.62 bits per heavy atom. The van der Waals surface area contributed by atoms with E-state index in [0.29, 0.717) is 0 Å². The molecule has 0 atom stereocenters. The molecule has 0 amide bonds. The molecule has 0 nitrogen and oxygen atoms in total. The van der Waals surface area contributed by atoms with Gasteiger partial charge < -0.3 is 0 Å². The smallest absolute Gasteiger partial charge is 0.0234 e. The van der Waals surface area contributed by atoms with Crippen LogP contribution in [-0.2, 0) is 12.8 Å².